The lowest BCUT2D eigenvalue weighted by atomic mass is 10.3. The number of anilines is 1. The fourth-order valence-corrected chi connectivity index (χ4v) is 3.13. The summed E-state index contributed by atoms with van der Waals surface area (Å²) in [5.41, 5.74) is 6.68. The molecular weight excluding hydrogens is 266 g/mol. The van der Waals surface area contributed by atoms with Crippen molar-refractivity contribution in [1.29, 1.82) is 0 Å². The van der Waals surface area contributed by atoms with E-state index in [4.69, 9.17) is 22.7 Å². The quantitative estimate of drug-likeness (QED) is 0.849. The Kier molecular flexibility index (Phi) is 3.15. The van der Waals surface area contributed by atoms with Gasteiger partial charge in [0.15, 0.2) is 5.13 Å². The molecule has 1 saturated heterocycles. The molecule has 1 unspecified atom stereocenters. The van der Waals surface area contributed by atoms with Gasteiger partial charge in [0.05, 0.1) is 23.4 Å². The molecule has 2 heterocycles. The number of fused-ring (bicyclic) bond motifs is 1. The maximum Gasteiger partial charge on any atom is 0.186 e. The van der Waals surface area contributed by atoms with Crippen LogP contribution >= 0.6 is 23.6 Å². The van der Waals surface area contributed by atoms with Gasteiger partial charge in [-0.2, -0.15) is 0 Å². The lowest BCUT2D eigenvalue weighted by Crippen LogP contribution is -2.47. The Morgan fingerprint density at radius 2 is 2.33 bits per heavy atom. The molecule has 94 valence electrons. The molecule has 1 atom stereocenters. The van der Waals surface area contributed by atoms with E-state index in [1.807, 2.05) is 18.2 Å². The van der Waals surface area contributed by atoms with Crippen molar-refractivity contribution in [3.8, 4) is 0 Å². The Morgan fingerprint density at radius 3 is 3.11 bits per heavy atom. The van der Waals surface area contributed by atoms with Crippen molar-refractivity contribution in [1.82, 2.24) is 4.98 Å². The molecule has 0 amide bonds. The number of aromatic nitrogens is 1. The fraction of sp³-hybridized carbons (Fsp3) is 0.333. The maximum atomic E-state index is 5.65. The summed E-state index contributed by atoms with van der Waals surface area (Å²) >= 11 is 6.68. The molecule has 3 rings (SSSR count). The van der Waals surface area contributed by atoms with Crippen LogP contribution in [0.5, 0.6) is 0 Å². The smallest absolute Gasteiger partial charge is 0.186 e. The molecule has 0 radical (unpaired) electrons. The number of nitrogens with two attached hydrogens (primary N) is 1. The molecule has 18 heavy (non-hydrogen) atoms. The number of hydrogen-bond acceptors (Lipinski definition) is 5. The first-order chi connectivity index (χ1) is 8.74. The second-order valence-corrected chi connectivity index (χ2v) is 5.65. The van der Waals surface area contributed by atoms with Gasteiger partial charge < -0.3 is 15.4 Å². The van der Waals surface area contributed by atoms with Crippen LogP contribution in [0, 0.1) is 0 Å². The first-order valence-corrected chi connectivity index (χ1v) is 6.98. The lowest BCUT2D eigenvalue weighted by Gasteiger charge is -2.31. The number of morpholine rings is 1. The van der Waals surface area contributed by atoms with E-state index in [0.717, 1.165) is 17.2 Å². The summed E-state index contributed by atoms with van der Waals surface area (Å²) in [5, 5.41) is 1.01. The van der Waals surface area contributed by atoms with Crippen molar-refractivity contribution in [2.45, 2.75) is 6.10 Å². The van der Waals surface area contributed by atoms with Crippen molar-refractivity contribution in [2.75, 3.05) is 24.6 Å². The van der Waals surface area contributed by atoms with Gasteiger partial charge in [-0.1, -0.05) is 35.7 Å². The predicted octanol–water partition coefficient (Wildman–Crippen LogP) is 1.79. The largest absolute Gasteiger partial charge is 0.391 e. The van der Waals surface area contributed by atoms with E-state index in [9.17, 15) is 0 Å². The zero-order valence-electron chi connectivity index (χ0n) is 9.70. The molecule has 6 heteroatoms. The van der Waals surface area contributed by atoms with E-state index >= 15 is 0 Å². The first kappa shape index (κ1) is 11.8. The molecule has 1 aromatic heterocycles. The molecule has 1 aliphatic rings. The van der Waals surface area contributed by atoms with Gasteiger partial charge in [-0.3, -0.25) is 0 Å². The zero-order valence-corrected chi connectivity index (χ0v) is 11.3. The van der Waals surface area contributed by atoms with Crippen LogP contribution in [-0.4, -0.2) is 35.8 Å². The third-order valence-electron chi connectivity index (χ3n) is 2.94. The number of nitrogens with zero attached hydrogens (tertiary/aromatic N) is 2. The molecule has 0 bridgehead atoms. The highest BCUT2D eigenvalue weighted by Crippen LogP contribution is 2.29. The van der Waals surface area contributed by atoms with Gasteiger partial charge >= 0.3 is 0 Å². The number of hydrogen-bond donors (Lipinski definition) is 1. The van der Waals surface area contributed by atoms with Crippen LogP contribution in [0.1, 0.15) is 0 Å². The summed E-state index contributed by atoms with van der Waals surface area (Å²) in [6.45, 7) is 2.16. The van der Waals surface area contributed by atoms with Crippen LogP contribution in [0.25, 0.3) is 10.2 Å². The number of thiazole rings is 1. The molecule has 2 aromatic rings. The summed E-state index contributed by atoms with van der Waals surface area (Å²) in [4.78, 5) is 7.24. The highest BCUT2D eigenvalue weighted by Gasteiger charge is 2.24. The van der Waals surface area contributed by atoms with Crippen LogP contribution in [0.3, 0.4) is 0 Å². The average Bonchev–Trinajstić information content (AvgIpc) is 2.82. The van der Waals surface area contributed by atoms with Gasteiger partial charge in [-0.25, -0.2) is 4.98 Å². The summed E-state index contributed by atoms with van der Waals surface area (Å²) in [6, 6.07) is 8.15. The number of para-hydroxylation sites is 1. The van der Waals surface area contributed by atoms with Gasteiger partial charge in [0.1, 0.15) is 11.1 Å². The van der Waals surface area contributed by atoms with E-state index in [-0.39, 0.29) is 6.10 Å². The highest BCUT2D eigenvalue weighted by atomic mass is 32.1. The summed E-state index contributed by atoms with van der Waals surface area (Å²) < 4.78 is 6.73. The minimum atomic E-state index is -0.166. The van der Waals surface area contributed by atoms with Crippen molar-refractivity contribution in [3.05, 3.63) is 24.3 Å². The molecule has 1 aromatic carbocycles. The monoisotopic (exact) mass is 279 g/mol. The molecule has 0 saturated carbocycles. The number of ether oxygens (including phenoxy) is 1. The van der Waals surface area contributed by atoms with Crippen molar-refractivity contribution < 1.29 is 4.74 Å². The van der Waals surface area contributed by atoms with E-state index in [0.29, 0.717) is 18.1 Å². The second kappa shape index (κ2) is 4.79. The lowest BCUT2D eigenvalue weighted by molar-refractivity contribution is 0.0847. The first-order valence-electron chi connectivity index (χ1n) is 5.75. The molecule has 0 aliphatic carbocycles. The van der Waals surface area contributed by atoms with Gasteiger partial charge in [-0.15, -0.1) is 0 Å². The Morgan fingerprint density at radius 1 is 1.50 bits per heavy atom. The summed E-state index contributed by atoms with van der Waals surface area (Å²) in [5.74, 6) is 0. The summed E-state index contributed by atoms with van der Waals surface area (Å²) in [7, 11) is 0. The maximum absolute atomic E-state index is 5.65. The zero-order chi connectivity index (χ0) is 12.5. The van der Waals surface area contributed by atoms with Gasteiger partial charge in [0.2, 0.25) is 0 Å². The molecule has 1 aliphatic heterocycles. The van der Waals surface area contributed by atoms with Crippen molar-refractivity contribution in [2.24, 2.45) is 5.73 Å². The topological polar surface area (TPSA) is 51.4 Å². The van der Waals surface area contributed by atoms with Crippen LogP contribution in [0.15, 0.2) is 24.3 Å². The third-order valence-corrected chi connectivity index (χ3v) is 4.30. The Balaban J connectivity index is 1.87. The van der Waals surface area contributed by atoms with Gasteiger partial charge in [-0.05, 0) is 12.1 Å². The van der Waals surface area contributed by atoms with Crippen molar-refractivity contribution in [3.63, 3.8) is 0 Å². The Hall–Kier alpha value is -1.24. The normalized spacial score (nSPS) is 20.2. The van der Waals surface area contributed by atoms with E-state index in [1.54, 1.807) is 11.3 Å². The van der Waals surface area contributed by atoms with E-state index in [1.165, 1.54) is 4.70 Å². The molecule has 0 spiro atoms. The molecular formula is C12H13N3OS2. The van der Waals surface area contributed by atoms with Crippen LogP contribution < -0.4 is 10.6 Å². The summed E-state index contributed by atoms with van der Waals surface area (Å²) in [6.07, 6.45) is -0.166. The molecule has 2 N–H and O–H groups in total. The average molecular weight is 279 g/mol. The van der Waals surface area contributed by atoms with Crippen LogP contribution in [0.4, 0.5) is 5.13 Å². The van der Waals surface area contributed by atoms with Crippen LogP contribution in [0.2, 0.25) is 0 Å². The van der Waals surface area contributed by atoms with E-state index < -0.39 is 0 Å². The van der Waals surface area contributed by atoms with Crippen LogP contribution in [-0.2, 0) is 4.74 Å². The SMILES string of the molecule is NC(=S)C1CN(c2nc3ccccc3s2)CCO1. The number of rotatable bonds is 2. The predicted molar refractivity (Wildman–Crippen MR) is 78.4 cm³/mol. The highest BCUT2D eigenvalue weighted by molar-refractivity contribution is 7.80. The Labute approximate surface area is 114 Å². The molecule has 1 fully saturated rings. The fourth-order valence-electron chi connectivity index (χ4n) is 1.99. The van der Waals surface area contributed by atoms with Gasteiger partial charge in [0, 0.05) is 6.54 Å². The number of benzene rings is 1. The minimum Gasteiger partial charge on any atom is -0.391 e. The van der Waals surface area contributed by atoms with E-state index in [2.05, 4.69) is 16.0 Å². The number of thiocarbonyl (C=S) groups is 1. The Bertz CT molecular complexity index is 550. The minimum absolute atomic E-state index is 0.166. The standard InChI is InChI=1S/C12H13N3OS2/c13-11(17)9-7-15(5-6-16-9)12-14-8-3-1-2-4-10(8)18-12/h1-4,9H,5-7H2,(H2,13,17). The van der Waals surface area contributed by atoms with Gasteiger partial charge in [0.25, 0.3) is 0 Å². The van der Waals surface area contributed by atoms with Crippen molar-refractivity contribution >= 4 is 43.9 Å². The third kappa shape index (κ3) is 2.19. The molecule has 4 nitrogen and oxygen atoms in total. The second-order valence-electron chi connectivity index (χ2n) is 4.17.